The van der Waals surface area contributed by atoms with Crippen LogP contribution in [0.4, 0.5) is 0 Å². The summed E-state index contributed by atoms with van der Waals surface area (Å²) in [4.78, 5) is 22.8. The minimum atomic E-state index is 0.0542. The van der Waals surface area contributed by atoms with E-state index in [4.69, 9.17) is 0 Å². The van der Waals surface area contributed by atoms with Crippen LogP contribution >= 0.6 is 12.6 Å². The summed E-state index contributed by atoms with van der Waals surface area (Å²) < 4.78 is 0. The number of allylic oxidation sites excluding steroid dienone is 1. The number of thiol groups is 1. The highest BCUT2D eigenvalue weighted by Gasteiger charge is 2.27. The van der Waals surface area contributed by atoms with Crippen LogP contribution in [-0.2, 0) is 9.59 Å². The monoisotopic (exact) mass is 351 g/mol. The minimum absolute atomic E-state index is 0.0542. The Bertz CT molecular complexity index is 477. The number of carbonyl (C=O) groups excluding carboxylic acids is 2. The van der Waals surface area contributed by atoms with Crippen molar-refractivity contribution in [3.05, 3.63) is 36.0 Å². The van der Waals surface area contributed by atoms with E-state index >= 15 is 0 Å². The van der Waals surface area contributed by atoms with E-state index in [2.05, 4.69) is 41.7 Å². The molecule has 1 fully saturated rings. The number of nitrogens with one attached hydrogen (secondary N) is 3. The highest BCUT2D eigenvalue weighted by molar-refractivity contribution is 7.84. The molecule has 1 aliphatic heterocycles. The van der Waals surface area contributed by atoms with Crippen LogP contribution in [-0.4, -0.2) is 30.8 Å². The highest BCUT2D eigenvalue weighted by atomic mass is 32.1. The average Bonchev–Trinajstić information content (AvgIpc) is 2.95. The second-order valence-corrected chi connectivity index (χ2v) is 6.41. The zero-order chi connectivity index (χ0) is 17.8. The predicted octanol–water partition coefficient (Wildman–Crippen LogP) is 2.43. The van der Waals surface area contributed by atoms with Gasteiger partial charge in [-0.3, -0.25) is 4.79 Å². The Morgan fingerprint density at radius 2 is 2.00 bits per heavy atom. The molecule has 2 atom stereocenters. The molecule has 1 heterocycles. The van der Waals surface area contributed by atoms with Crippen LogP contribution in [0.3, 0.4) is 0 Å². The molecule has 0 aromatic carbocycles. The number of carbonyl (C=O) groups is 2. The Kier molecular flexibility index (Phi) is 10.00. The summed E-state index contributed by atoms with van der Waals surface area (Å²) >= 11 is 4.55. The van der Waals surface area contributed by atoms with Gasteiger partial charge >= 0.3 is 0 Å². The van der Waals surface area contributed by atoms with Crippen molar-refractivity contribution in [1.82, 2.24) is 16.0 Å². The second-order valence-electron chi connectivity index (χ2n) is 5.89. The molecule has 1 rings (SSSR count). The largest absolute Gasteiger partial charge is 0.364 e. The van der Waals surface area contributed by atoms with Crippen LogP contribution in [0.1, 0.15) is 44.9 Å². The van der Waals surface area contributed by atoms with Gasteiger partial charge in [0.1, 0.15) is 6.29 Å². The first-order valence-electron chi connectivity index (χ1n) is 8.52. The minimum Gasteiger partial charge on any atom is -0.364 e. The van der Waals surface area contributed by atoms with Crippen molar-refractivity contribution >= 4 is 24.8 Å². The zero-order valence-electron chi connectivity index (χ0n) is 14.2. The molecular formula is C18H29N3O2S. The van der Waals surface area contributed by atoms with Crippen LogP contribution in [0.5, 0.6) is 0 Å². The fraction of sp³-hybridized carbons (Fsp3) is 0.556. The first-order chi connectivity index (χ1) is 11.6. The third kappa shape index (κ3) is 7.73. The normalized spacial score (nSPS) is 20.2. The van der Waals surface area contributed by atoms with Crippen LogP contribution in [0.25, 0.3) is 0 Å². The molecule has 0 unspecified atom stereocenters. The predicted molar refractivity (Wildman–Crippen MR) is 102 cm³/mol. The smallest absolute Gasteiger partial charge is 0.220 e. The summed E-state index contributed by atoms with van der Waals surface area (Å²) in [6.45, 7) is 8.35. The first kappa shape index (κ1) is 20.4. The SMILES string of the molecule is C=C[C@@H]1NC(=C)N[C@@H]1/C(S)=C/CCCC(=O)NCCCCCC=O. The van der Waals surface area contributed by atoms with Crippen LogP contribution in [0.15, 0.2) is 36.0 Å². The van der Waals surface area contributed by atoms with E-state index in [0.29, 0.717) is 19.4 Å². The maximum Gasteiger partial charge on any atom is 0.220 e. The van der Waals surface area contributed by atoms with Gasteiger partial charge < -0.3 is 20.7 Å². The molecule has 5 nitrogen and oxygen atoms in total. The molecule has 1 amide bonds. The third-order valence-corrected chi connectivity index (χ3v) is 4.35. The van der Waals surface area contributed by atoms with E-state index < -0.39 is 0 Å². The van der Waals surface area contributed by atoms with Crippen molar-refractivity contribution < 1.29 is 9.59 Å². The Morgan fingerprint density at radius 1 is 1.21 bits per heavy atom. The Labute approximate surface area is 150 Å². The molecule has 0 radical (unpaired) electrons. The molecule has 134 valence electrons. The van der Waals surface area contributed by atoms with Crippen LogP contribution in [0.2, 0.25) is 0 Å². The second kappa shape index (κ2) is 11.8. The lowest BCUT2D eigenvalue weighted by Gasteiger charge is -2.15. The topological polar surface area (TPSA) is 70.2 Å². The number of hydrogen-bond donors (Lipinski definition) is 4. The first-order valence-corrected chi connectivity index (χ1v) is 8.97. The lowest BCUT2D eigenvalue weighted by atomic mass is 10.1. The molecule has 24 heavy (non-hydrogen) atoms. The van der Waals surface area contributed by atoms with Gasteiger partial charge in [-0.1, -0.05) is 25.2 Å². The van der Waals surface area contributed by atoms with Gasteiger partial charge in [0.2, 0.25) is 5.91 Å². The highest BCUT2D eigenvalue weighted by Crippen LogP contribution is 2.19. The summed E-state index contributed by atoms with van der Waals surface area (Å²) in [6.07, 6.45) is 10.3. The van der Waals surface area contributed by atoms with Gasteiger partial charge in [0.05, 0.1) is 17.9 Å². The van der Waals surface area contributed by atoms with E-state index in [-0.39, 0.29) is 18.0 Å². The number of rotatable bonds is 12. The molecule has 1 saturated heterocycles. The summed E-state index contributed by atoms with van der Waals surface area (Å²) in [7, 11) is 0. The molecule has 0 saturated carbocycles. The van der Waals surface area contributed by atoms with Gasteiger partial charge in [-0.05, 0) is 25.7 Å². The van der Waals surface area contributed by atoms with Gasteiger partial charge in [-0.25, -0.2) is 0 Å². The van der Waals surface area contributed by atoms with E-state index in [1.165, 1.54) is 0 Å². The van der Waals surface area contributed by atoms with Crippen molar-refractivity contribution in [2.24, 2.45) is 0 Å². The fourth-order valence-electron chi connectivity index (χ4n) is 2.54. The Balaban J connectivity index is 2.15. The Morgan fingerprint density at radius 3 is 2.71 bits per heavy atom. The number of aldehydes is 1. The molecule has 0 aromatic rings. The standard InChI is InChI=1S/C18H29N3O2S/c1-3-15-18(21-14(2)20-15)16(24)10-6-7-11-17(23)19-12-8-4-5-9-13-22/h3,10,13,15,18,20-21,24H,1-2,4-9,11-12H2,(H,19,23)/b16-10-/t15-,18-/m0/s1. The molecule has 0 bridgehead atoms. The quantitative estimate of drug-likeness (QED) is 0.189. The van der Waals surface area contributed by atoms with E-state index in [0.717, 1.165) is 49.1 Å². The molecule has 1 aliphatic rings. The van der Waals surface area contributed by atoms with E-state index in [9.17, 15) is 9.59 Å². The van der Waals surface area contributed by atoms with E-state index in [1.54, 1.807) is 0 Å². The molecule has 0 aliphatic carbocycles. The van der Waals surface area contributed by atoms with Gasteiger partial charge in [0.25, 0.3) is 0 Å². The fourth-order valence-corrected chi connectivity index (χ4v) is 2.90. The molecular weight excluding hydrogens is 322 g/mol. The van der Waals surface area contributed by atoms with Crippen molar-refractivity contribution in [3.8, 4) is 0 Å². The summed E-state index contributed by atoms with van der Waals surface area (Å²) in [5.41, 5.74) is 0. The average molecular weight is 352 g/mol. The van der Waals surface area contributed by atoms with Crippen molar-refractivity contribution in [3.63, 3.8) is 0 Å². The Hall–Kier alpha value is -1.69. The van der Waals surface area contributed by atoms with Gasteiger partial charge in [0.15, 0.2) is 0 Å². The maximum atomic E-state index is 11.7. The third-order valence-electron chi connectivity index (χ3n) is 3.88. The maximum absolute atomic E-state index is 11.7. The van der Waals surface area contributed by atoms with Crippen molar-refractivity contribution in [1.29, 1.82) is 0 Å². The van der Waals surface area contributed by atoms with E-state index in [1.807, 2.05) is 12.2 Å². The van der Waals surface area contributed by atoms with Crippen LogP contribution in [0, 0.1) is 0 Å². The number of unbranched alkanes of at least 4 members (excludes halogenated alkanes) is 4. The molecule has 0 aromatic heterocycles. The molecule has 0 spiro atoms. The molecule has 3 N–H and O–H groups in total. The summed E-state index contributed by atoms with van der Waals surface area (Å²) in [5.74, 6) is 0.856. The van der Waals surface area contributed by atoms with Crippen molar-refractivity contribution in [2.75, 3.05) is 6.54 Å². The lowest BCUT2D eigenvalue weighted by Crippen LogP contribution is -2.32. The number of amides is 1. The van der Waals surface area contributed by atoms with Gasteiger partial charge in [-0.15, -0.1) is 19.2 Å². The van der Waals surface area contributed by atoms with Crippen LogP contribution < -0.4 is 16.0 Å². The van der Waals surface area contributed by atoms with Gasteiger partial charge in [0, 0.05) is 24.3 Å². The zero-order valence-corrected chi connectivity index (χ0v) is 15.1. The summed E-state index contributed by atoms with van der Waals surface area (Å²) in [6, 6.07) is 0.141. The van der Waals surface area contributed by atoms with Gasteiger partial charge in [-0.2, -0.15) is 0 Å². The van der Waals surface area contributed by atoms with Crippen molar-refractivity contribution in [2.45, 2.75) is 57.0 Å². The summed E-state index contributed by atoms with van der Waals surface area (Å²) in [5, 5.41) is 9.33. The molecule has 6 heteroatoms. The number of hydrogen-bond acceptors (Lipinski definition) is 5. The lowest BCUT2D eigenvalue weighted by molar-refractivity contribution is -0.121.